The van der Waals surface area contributed by atoms with Crippen molar-refractivity contribution < 1.29 is 9.90 Å². The van der Waals surface area contributed by atoms with Crippen LogP contribution in [0.4, 0.5) is 0 Å². The molecule has 0 aliphatic heterocycles. The van der Waals surface area contributed by atoms with Crippen molar-refractivity contribution in [2.75, 3.05) is 0 Å². The summed E-state index contributed by atoms with van der Waals surface area (Å²) < 4.78 is 0. The average Bonchev–Trinajstić information content (AvgIpc) is 2.33. The molecule has 17 heavy (non-hydrogen) atoms. The number of benzene rings is 1. The van der Waals surface area contributed by atoms with E-state index in [0.29, 0.717) is 6.42 Å². The molecule has 1 N–H and O–H groups in total. The molecular weight excluding hydrogens is 212 g/mol. The lowest BCUT2D eigenvalue weighted by Crippen LogP contribution is -2.30. The predicted octanol–water partition coefficient (Wildman–Crippen LogP) is 2.90. The lowest BCUT2D eigenvalue weighted by atomic mass is 9.90. The second-order valence-corrected chi connectivity index (χ2v) is 4.59. The first-order chi connectivity index (χ1) is 8.10. The first kappa shape index (κ1) is 13.9. The Hall–Kier alpha value is -1.15. The van der Waals surface area contributed by atoms with Crippen LogP contribution in [-0.4, -0.2) is 17.0 Å². The molecule has 1 rings (SSSR count). The number of hydrogen-bond donors (Lipinski definition) is 1. The summed E-state index contributed by atoms with van der Waals surface area (Å²) in [6, 6.07) is 7.83. The molecule has 0 bridgehead atoms. The van der Waals surface area contributed by atoms with E-state index in [2.05, 4.69) is 0 Å². The first-order valence-corrected chi connectivity index (χ1v) is 6.35. The third kappa shape index (κ3) is 3.67. The van der Waals surface area contributed by atoms with Crippen molar-refractivity contribution in [3.05, 3.63) is 35.4 Å². The number of carbonyl (C=O) groups excluding carboxylic acids is 1. The molecule has 94 valence electrons. The number of Topliss-reactive ketones (excluding diaryl/α,β-unsaturated/α-hetero) is 1. The van der Waals surface area contributed by atoms with Gasteiger partial charge in [0.1, 0.15) is 6.10 Å². The van der Waals surface area contributed by atoms with Crippen LogP contribution >= 0.6 is 0 Å². The van der Waals surface area contributed by atoms with Crippen LogP contribution in [0.5, 0.6) is 0 Å². The second kappa shape index (κ2) is 6.55. The molecule has 0 amide bonds. The molecule has 2 heteroatoms. The summed E-state index contributed by atoms with van der Waals surface area (Å²) in [4.78, 5) is 12.0. The van der Waals surface area contributed by atoms with Crippen LogP contribution in [0.15, 0.2) is 24.3 Å². The third-order valence-corrected chi connectivity index (χ3v) is 3.45. The molecule has 1 unspecified atom stereocenters. The summed E-state index contributed by atoms with van der Waals surface area (Å²) >= 11 is 0. The lowest BCUT2D eigenvalue weighted by molar-refractivity contribution is -0.129. The van der Waals surface area contributed by atoms with Crippen LogP contribution in [0, 0.1) is 12.8 Å². The zero-order valence-corrected chi connectivity index (χ0v) is 10.9. The van der Waals surface area contributed by atoms with E-state index in [-0.39, 0.29) is 11.7 Å². The predicted molar refractivity (Wildman–Crippen MR) is 70.0 cm³/mol. The quantitative estimate of drug-likeness (QED) is 0.821. The van der Waals surface area contributed by atoms with Gasteiger partial charge in [-0.15, -0.1) is 0 Å². The highest BCUT2D eigenvalue weighted by Gasteiger charge is 2.23. The van der Waals surface area contributed by atoms with Gasteiger partial charge in [-0.05, 0) is 24.0 Å². The minimum Gasteiger partial charge on any atom is -0.385 e. The van der Waals surface area contributed by atoms with Gasteiger partial charge >= 0.3 is 0 Å². The van der Waals surface area contributed by atoms with Gasteiger partial charge in [0.15, 0.2) is 5.78 Å². The van der Waals surface area contributed by atoms with Gasteiger partial charge in [0.25, 0.3) is 0 Å². The van der Waals surface area contributed by atoms with Gasteiger partial charge in [0.05, 0.1) is 0 Å². The zero-order chi connectivity index (χ0) is 12.8. The number of aryl methyl sites for hydroxylation is 1. The van der Waals surface area contributed by atoms with Gasteiger partial charge in [0, 0.05) is 6.42 Å². The highest BCUT2D eigenvalue weighted by molar-refractivity contribution is 5.85. The summed E-state index contributed by atoms with van der Waals surface area (Å²) in [5, 5.41) is 9.98. The number of carbonyl (C=O) groups is 1. The van der Waals surface area contributed by atoms with E-state index in [1.165, 1.54) is 0 Å². The highest BCUT2D eigenvalue weighted by atomic mass is 16.3. The van der Waals surface area contributed by atoms with Crippen LogP contribution in [0.3, 0.4) is 0 Å². The van der Waals surface area contributed by atoms with E-state index in [0.717, 1.165) is 24.0 Å². The molecule has 1 aromatic carbocycles. The van der Waals surface area contributed by atoms with E-state index in [1.807, 2.05) is 45.0 Å². The van der Waals surface area contributed by atoms with Gasteiger partial charge in [-0.3, -0.25) is 4.79 Å². The molecule has 0 aliphatic rings. The van der Waals surface area contributed by atoms with Crippen molar-refractivity contribution >= 4 is 5.78 Å². The minimum atomic E-state index is -0.815. The lowest BCUT2D eigenvalue weighted by Gasteiger charge is -2.19. The van der Waals surface area contributed by atoms with Gasteiger partial charge in [-0.1, -0.05) is 51.0 Å². The van der Waals surface area contributed by atoms with Gasteiger partial charge in [0.2, 0.25) is 0 Å². The summed E-state index contributed by atoms with van der Waals surface area (Å²) in [7, 11) is 0. The van der Waals surface area contributed by atoms with Crippen molar-refractivity contribution in [1.29, 1.82) is 0 Å². The minimum absolute atomic E-state index is 0.0620. The number of rotatable bonds is 6. The van der Waals surface area contributed by atoms with Crippen molar-refractivity contribution in [2.24, 2.45) is 5.92 Å². The molecule has 0 aliphatic carbocycles. The van der Waals surface area contributed by atoms with E-state index in [9.17, 15) is 9.90 Å². The maximum atomic E-state index is 12.0. The third-order valence-electron chi connectivity index (χ3n) is 3.45. The average molecular weight is 234 g/mol. The Labute approximate surface area is 104 Å². The van der Waals surface area contributed by atoms with Crippen molar-refractivity contribution in [2.45, 2.75) is 46.1 Å². The molecule has 0 saturated heterocycles. The van der Waals surface area contributed by atoms with Gasteiger partial charge < -0.3 is 5.11 Å². The molecule has 0 aromatic heterocycles. The highest BCUT2D eigenvalue weighted by Crippen LogP contribution is 2.16. The molecule has 0 spiro atoms. The van der Waals surface area contributed by atoms with E-state index in [1.54, 1.807) is 0 Å². The Morgan fingerprint density at radius 2 is 1.82 bits per heavy atom. The Bertz CT molecular complexity index is 367. The molecule has 2 nitrogen and oxygen atoms in total. The SMILES string of the molecule is CCC(CC)C(O)C(=O)Cc1ccccc1C. The van der Waals surface area contributed by atoms with Crippen molar-refractivity contribution in [3.8, 4) is 0 Å². The van der Waals surface area contributed by atoms with E-state index >= 15 is 0 Å². The molecule has 0 fully saturated rings. The van der Waals surface area contributed by atoms with Crippen molar-refractivity contribution in [1.82, 2.24) is 0 Å². The Morgan fingerprint density at radius 1 is 1.24 bits per heavy atom. The summed E-state index contributed by atoms with van der Waals surface area (Å²) in [5.74, 6) is 0.0273. The summed E-state index contributed by atoms with van der Waals surface area (Å²) in [6.45, 7) is 6.02. The van der Waals surface area contributed by atoms with Crippen LogP contribution in [0.2, 0.25) is 0 Å². The fraction of sp³-hybridized carbons (Fsp3) is 0.533. The molecule has 1 atom stereocenters. The topological polar surface area (TPSA) is 37.3 Å². The summed E-state index contributed by atoms with van der Waals surface area (Å²) in [5.41, 5.74) is 2.13. The van der Waals surface area contributed by atoms with Gasteiger partial charge in [-0.2, -0.15) is 0 Å². The molecule has 0 saturated carbocycles. The molecule has 0 heterocycles. The molecule has 1 aromatic rings. The monoisotopic (exact) mass is 234 g/mol. The normalized spacial score (nSPS) is 12.8. The fourth-order valence-electron chi connectivity index (χ4n) is 2.10. The Kier molecular flexibility index (Phi) is 5.36. The number of ketones is 1. The molecule has 0 radical (unpaired) electrons. The number of aliphatic hydroxyl groups is 1. The number of aliphatic hydroxyl groups excluding tert-OH is 1. The Morgan fingerprint density at radius 3 is 2.35 bits per heavy atom. The Balaban J connectivity index is 2.69. The second-order valence-electron chi connectivity index (χ2n) is 4.59. The maximum absolute atomic E-state index is 12.0. The smallest absolute Gasteiger partial charge is 0.165 e. The van der Waals surface area contributed by atoms with Crippen LogP contribution in [0.1, 0.15) is 37.8 Å². The van der Waals surface area contributed by atoms with E-state index in [4.69, 9.17) is 0 Å². The molecular formula is C15H22O2. The van der Waals surface area contributed by atoms with Crippen LogP contribution < -0.4 is 0 Å². The van der Waals surface area contributed by atoms with Gasteiger partial charge in [-0.25, -0.2) is 0 Å². The maximum Gasteiger partial charge on any atom is 0.165 e. The zero-order valence-electron chi connectivity index (χ0n) is 10.9. The fourth-order valence-corrected chi connectivity index (χ4v) is 2.10. The van der Waals surface area contributed by atoms with Crippen molar-refractivity contribution in [3.63, 3.8) is 0 Å². The number of hydrogen-bond acceptors (Lipinski definition) is 2. The van der Waals surface area contributed by atoms with Crippen LogP contribution in [0.25, 0.3) is 0 Å². The first-order valence-electron chi connectivity index (χ1n) is 6.35. The van der Waals surface area contributed by atoms with E-state index < -0.39 is 6.10 Å². The standard InChI is InChI=1S/C15H22O2/c1-4-12(5-2)15(17)14(16)10-13-9-7-6-8-11(13)3/h6-9,12,15,17H,4-5,10H2,1-3H3. The summed E-state index contributed by atoms with van der Waals surface area (Å²) in [6.07, 6.45) is 1.21. The largest absolute Gasteiger partial charge is 0.385 e. The van der Waals surface area contributed by atoms with Crippen LogP contribution in [-0.2, 0) is 11.2 Å².